The summed E-state index contributed by atoms with van der Waals surface area (Å²) in [5.41, 5.74) is 0.979. The smallest absolute Gasteiger partial charge is 0.320 e. The lowest BCUT2D eigenvalue weighted by Gasteiger charge is -2.16. The molecule has 1 aliphatic heterocycles. The maximum absolute atomic E-state index is 12.5. The highest BCUT2D eigenvalue weighted by atomic mass is 16.5. The lowest BCUT2D eigenvalue weighted by molar-refractivity contribution is 0.0957. The van der Waals surface area contributed by atoms with Crippen LogP contribution in [0.3, 0.4) is 0 Å². The van der Waals surface area contributed by atoms with Gasteiger partial charge in [-0.1, -0.05) is 68.4 Å². The zero-order valence-electron chi connectivity index (χ0n) is 21.6. The summed E-state index contributed by atoms with van der Waals surface area (Å²) in [6.07, 6.45) is 0.887. The zero-order valence-corrected chi connectivity index (χ0v) is 21.6. The van der Waals surface area contributed by atoms with Crippen molar-refractivity contribution in [2.24, 2.45) is 0 Å². The van der Waals surface area contributed by atoms with Gasteiger partial charge in [0.15, 0.2) is 5.69 Å². The number of likely N-dealkylation sites (tertiary alicyclic amines) is 1. The van der Waals surface area contributed by atoms with E-state index in [-0.39, 0.29) is 23.7 Å². The molecule has 0 saturated carbocycles. The molecule has 0 bridgehead atoms. The average molecular weight is 495 g/mol. The second-order valence-electron chi connectivity index (χ2n) is 7.77. The lowest BCUT2D eigenvalue weighted by atomic mass is 10.3. The SMILES string of the molecule is CC.CNC(=O)c1cc(NC(=O)NC2CCN(CCOC)C2)n(-c2ccccc2)n1.c1ccccc1. The molecule has 0 aliphatic carbocycles. The highest BCUT2D eigenvalue weighted by Gasteiger charge is 2.24. The Hall–Kier alpha value is -3.69. The topological polar surface area (TPSA) is 101 Å². The molecule has 1 fully saturated rings. The number of aromatic nitrogens is 2. The first-order valence-corrected chi connectivity index (χ1v) is 12.3. The fourth-order valence-corrected chi connectivity index (χ4v) is 3.57. The number of carbonyl (C=O) groups excluding carboxylic acids is 2. The van der Waals surface area contributed by atoms with Crippen molar-refractivity contribution in [2.45, 2.75) is 26.3 Å². The van der Waals surface area contributed by atoms with Gasteiger partial charge in [0.2, 0.25) is 0 Å². The first-order chi connectivity index (χ1) is 17.6. The van der Waals surface area contributed by atoms with Crippen molar-refractivity contribution in [1.82, 2.24) is 25.3 Å². The Morgan fingerprint density at radius 2 is 1.64 bits per heavy atom. The molecule has 1 atom stereocenters. The second kappa shape index (κ2) is 16.1. The van der Waals surface area contributed by atoms with Crippen LogP contribution in [0.5, 0.6) is 0 Å². The van der Waals surface area contributed by atoms with Gasteiger partial charge in [0.05, 0.1) is 12.3 Å². The number of ether oxygens (including phenoxy) is 1. The standard InChI is InChI=1S/C19H26N6O3.C6H6.C2H6/c1-20-18(26)16-12-17(25(23-16)15-6-4-3-5-7-15)22-19(27)21-14-8-9-24(13-14)10-11-28-2;1-2-4-6-5-3-1;1-2/h3-7,12,14H,8-11,13H2,1-2H3,(H,20,26)(H2,21,22,27);1-6H;1-2H3. The number of nitrogens with one attached hydrogen (secondary N) is 3. The number of nitrogens with zero attached hydrogens (tertiary/aromatic N) is 3. The van der Waals surface area contributed by atoms with Crippen LogP contribution >= 0.6 is 0 Å². The third-order valence-corrected chi connectivity index (χ3v) is 5.30. The number of hydrogen-bond donors (Lipinski definition) is 3. The van der Waals surface area contributed by atoms with Crippen LogP contribution in [0.25, 0.3) is 5.69 Å². The highest BCUT2D eigenvalue weighted by molar-refractivity contribution is 5.95. The van der Waals surface area contributed by atoms with Crippen molar-refractivity contribution in [3.8, 4) is 5.69 Å². The van der Waals surface area contributed by atoms with E-state index in [1.54, 1.807) is 24.9 Å². The van der Waals surface area contributed by atoms with Gasteiger partial charge in [-0.05, 0) is 18.6 Å². The molecule has 2 heterocycles. The number of rotatable bonds is 7. The van der Waals surface area contributed by atoms with Crippen molar-refractivity contribution in [1.29, 1.82) is 0 Å². The van der Waals surface area contributed by atoms with Crippen molar-refractivity contribution in [3.63, 3.8) is 0 Å². The van der Waals surface area contributed by atoms with E-state index in [1.807, 2.05) is 80.6 Å². The number of para-hydroxylation sites is 1. The van der Waals surface area contributed by atoms with Gasteiger partial charge in [-0.25, -0.2) is 9.48 Å². The minimum Gasteiger partial charge on any atom is -0.383 e. The Kier molecular flexibility index (Phi) is 12.7. The van der Waals surface area contributed by atoms with E-state index in [1.165, 1.54) is 0 Å². The summed E-state index contributed by atoms with van der Waals surface area (Å²) in [4.78, 5) is 26.7. The van der Waals surface area contributed by atoms with Gasteiger partial charge < -0.3 is 15.4 Å². The van der Waals surface area contributed by atoms with E-state index in [0.29, 0.717) is 12.4 Å². The fraction of sp³-hybridized carbons (Fsp3) is 0.370. The zero-order chi connectivity index (χ0) is 26.2. The Labute approximate surface area is 213 Å². The Morgan fingerprint density at radius 3 is 2.22 bits per heavy atom. The summed E-state index contributed by atoms with van der Waals surface area (Å²) < 4.78 is 6.65. The quantitative estimate of drug-likeness (QED) is 0.464. The third-order valence-electron chi connectivity index (χ3n) is 5.30. The minimum atomic E-state index is -0.320. The largest absolute Gasteiger partial charge is 0.383 e. The maximum Gasteiger partial charge on any atom is 0.320 e. The maximum atomic E-state index is 12.5. The van der Waals surface area contributed by atoms with Crippen LogP contribution in [0, 0.1) is 0 Å². The van der Waals surface area contributed by atoms with Gasteiger partial charge in [0, 0.05) is 45.9 Å². The normalized spacial score (nSPS) is 14.5. The number of amides is 3. The van der Waals surface area contributed by atoms with Gasteiger partial charge >= 0.3 is 6.03 Å². The van der Waals surface area contributed by atoms with Crippen molar-refractivity contribution in [3.05, 3.63) is 78.5 Å². The summed E-state index contributed by atoms with van der Waals surface area (Å²) in [6, 6.07) is 22.7. The van der Waals surface area contributed by atoms with Gasteiger partial charge in [-0.15, -0.1) is 0 Å². The summed E-state index contributed by atoms with van der Waals surface area (Å²) in [5.74, 6) is 0.110. The van der Waals surface area contributed by atoms with Gasteiger partial charge in [-0.2, -0.15) is 5.10 Å². The first kappa shape index (κ1) is 28.5. The average Bonchev–Trinajstić information content (AvgIpc) is 3.57. The number of benzene rings is 2. The number of methoxy groups -OCH3 is 1. The first-order valence-electron chi connectivity index (χ1n) is 12.3. The molecule has 2 aromatic carbocycles. The molecule has 3 aromatic rings. The van der Waals surface area contributed by atoms with Gasteiger partial charge in [-0.3, -0.25) is 15.0 Å². The van der Waals surface area contributed by atoms with E-state index in [2.05, 4.69) is 25.9 Å². The Bertz CT molecular complexity index is 1000. The Balaban J connectivity index is 0.000000491. The van der Waals surface area contributed by atoms with Crippen LogP contribution in [0.4, 0.5) is 10.6 Å². The van der Waals surface area contributed by atoms with Crippen LogP contribution < -0.4 is 16.0 Å². The molecule has 3 amide bonds. The van der Waals surface area contributed by atoms with E-state index in [9.17, 15) is 9.59 Å². The minimum absolute atomic E-state index is 0.0726. The summed E-state index contributed by atoms with van der Waals surface area (Å²) in [6.45, 7) is 7.25. The summed E-state index contributed by atoms with van der Waals surface area (Å²) in [7, 11) is 3.22. The molecule has 3 N–H and O–H groups in total. The molecule has 1 saturated heterocycles. The number of carbonyl (C=O) groups is 2. The predicted molar refractivity (Wildman–Crippen MR) is 144 cm³/mol. The lowest BCUT2D eigenvalue weighted by Crippen LogP contribution is -2.40. The van der Waals surface area contributed by atoms with Crippen LogP contribution in [0.2, 0.25) is 0 Å². The molecule has 36 heavy (non-hydrogen) atoms. The molecule has 1 aromatic heterocycles. The second-order valence-corrected chi connectivity index (χ2v) is 7.77. The monoisotopic (exact) mass is 494 g/mol. The molecule has 4 rings (SSSR count). The van der Waals surface area contributed by atoms with Crippen molar-refractivity contribution >= 4 is 17.8 Å². The Morgan fingerprint density at radius 1 is 1.03 bits per heavy atom. The molecule has 9 nitrogen and oxygen atoms in total. The molecule has 9 heteroatoms. The van der Waals surface area contributed by atoms with Crippen LogP contribution in [0.15, 0.2) is 72.8 Å². The van der Waals surface area contributed by atoms with E-state index in [0.717, 1.165) is 31.7 Å². The predicted octanol–water partition coefficient (Wildman–Crippen LogP) is 3.79. The summed E-state index contributed by atoms with van der Waals surface area (Å²) >= 11 is 0. The number of hydrogen-bond acceptors (Lipinski definition) is 5. The summed E-state index contributed by atoms with van der Waals surface area (Å²) in [5, 5.41) is 12.7. The highest BCUT2D eigenvalue weighted by Crippen LogP contribution is 2.18. The van der Waals surface area contributed by atoms with Crippen LogP contribution in [0.1, 0.15) is 30.8 Å². The van der Waals surface area contributed by atoms with E-state index >= 15 is 0 Å². The van der Waals surface area contributed by atoms with Crippen LogP contribution in [-0.2, 0) is 4.74 Å². The molecule has 194 valence electrons. The van der Waals surface area contributed by atoms with E-state index in [4.69, 9.17) is 4.74 Å². The fourth-order valence-electron chi connectivity index (χ4n) is 3.57. The number of anilines is 1. The molecule has 1 unspecified atom stereocenters. The van der Waals surface area contributed by atoms with Crippen molar-refractivity contribution in [2.75, 3.05) is 45.7 Å². The molecule has 0 spiro atoms. The van der Waals surface area contributed by atoms with Crippen LogP contribution in [-0.4, -0.2) is 73.1 Å². The third kappa shape index (κ3) is 9.16. The van der Waals surface area contributed by atoms with Gasteiger partial charge in [0.1, 0.15) is 5.82 Å². The molecular weight excluding hydrogens is 456 g/mol. The van der Waals surface area contributed by atoms with E-state index < -0.39 is 0 Å². The molecule has 1 aliphatic rings. The molecule has 0 radical (unpaired) electrons. The number of urea groups is 1. The van der Waals surface area contributed by atoms with Crippen molar-refractivity contribution < 1.29 is 14.3 Å². The van der Waals surface area contributed by atoms with Gasteiger partial charge in [0.25, 0.3) is 5.91 Å². The molecular formula is C27H38N6O3.